The number of hydrogen-bond acceptors (Lipinski definition) is 5. The smallest absolute Gasteiger partial charge is 0.269 e. The van der Waals surface area contributed by atoms with E-state index in [4.69, 9.17) is 9.47 Å². The molecule has 0 bridgehead atoms. The highest BCUT2D eigenvalue weighted by Gasteiger charge is 2.43. The van der Waals surface area contributed by atoms with Gasteiger partial charge in [0.15, 0.2) is 0 Å². The van der Waals surface area contributed by atoms with E-state index in [2.05, 4.69) is 6.07 Å². The number of aromatic hydroxyl groups is 1. The fourth-order valence-electron chi connectivity index (χ4n) is 3.22. The molecule has 3 aromatic carbocycles. The Morgan fingerprint density at radius 2 is 1.68 bits per heavy atom. The van der Waals surface area contributed by atoms with E-state index in [0.717, 1.165) is 27.8 Å². The average Bonchev–Trinajstić information content (AvgIpc) is 3.45. The second-order valence-corrected chi connectivity index (χ2v) is 6.88. The van der Waals surface area contributed by atoms with Gasteiger partial charge in [-0.3, -0.25) is 10.1 Å². The van der Waals surface area contributed by atoms with Crippen LogP contribution >= 0.6 is 0 Å². The predicted molar refractivity (Wildman–Crippen MR) is 104 cm³/mol. The minimum atomic E-state index is -0.446. The second-order valence-electron chi connectivity index (χ2n) is 6.88. The van der Waals surface area contributed by atoms with Crippen molar-refractivity contribution in [2.75, 3.05) is 0 Å². The number of epoxide rings is 1. The normalized spacial score (nSPS) is 17.9. The number of non-ortho nitro benzene ring substituents is 1. The van der Waals surface area contributed by atoms with Gasteiger partial charge in [-0.1, -0.05) is 18.2 Å². The monoisotopic (exact) mass is 377 g/mol. The van der Waals surface area contributed by atoms with Crippen LogP contribution in [0.15, 0.2) is 60.7 Å². The summed E-state index contributed by atoms with van der Waals surface area (Å²) in [6.07, 6.45) is -0.602. The van der Waals surface area contributed by atoms with Gasteiger partial charge in [0.25, 0.3) is 5.69 Å². The van der Waals surface area contributed by atoms with E-state index in [1.54, 1.807) is 12.1 Å². The first-order chi connectivity index (χ1) is 13.4. The third kappa shape index (κ3) is 3.54. The molecule has 1 aliphatic rings. The van der Waals surface area contributed by atoms with Gasteiger partial charge in [-0.15, -0.1) is 0 Å². The van der Waals surface area contributed by atoms with Crippen LogP contribution < -0.4 is 4.74 Å². The number of nitro groups is 1. The van der Waals surface area contributed by atoms with Gasteiger partial charge in [0, 0.05) is 12.1 Å². The van der Waals surface area contributed by atoms with Crippen molar-refractivity contribution < 1.29 is 19.5 Å². The maximum absolute atomic E-state index is 10.7. The maximum atomic E-state index is 10.7. The highest BCUT2D eigenvalue weighted by molar-refractivity contribution is 5.68. The zero-order chi connectivity index (χ0) is 19.8. The van der Waals surface area contributed by atoms with Crippen molar-refractivity contribution in [3.63, 3.8) is 0 Å². The highest BCUT2D eigenvalue weighted by Crippen LogP contribution is 2.41. The van der Waals surface area contributed by atoms with Crippen molar-refractivity contribution in [3.05, 3.63) is 87.5 Å². The third-order valence-corrected chi connectivity index (χ3v) is 4.79. The Balaban J connectivity index is 1.49. The number of benzene rings is 3. The summed E-state index contributed by atoms with van der Waals surface area (Å²) in [5.41, 5.74) is 4.75. The van der Waals surface area contributed by atoms with E-state index >= 15 is 0 Å². The molecule has 0 spiro atoms. The van der Waals surface area contributed by atoms with Crippen molar-refractivity contribution >= 4 is 5.69 Å². The van der Waals surface area contributed by atoms with Crippen molar-refractivity contribution in [2.24, 2.45) is 0 Å². The molecule has 0 aromatic heterocycles. The van der Waals surface area contributed by atoms with Crippen molar-refractivity contribution in [1.29, 1.82) is 0 Å². The van der Waals surface area contributed by atoms with Gasteiger partial charge >= 0.3 is 0 Å². The first-order valence-corrected chi connectivity index (χ1v) is 8.89. The van der Waals surface area contributed by atoms with Crippen LogP contribution in [0.3, 0.4) is 0 Å². The van der Waals surface area contributed by atoms with Gasteiger partial charge < -0.3 is 14.6 Å². The van der Waals surface area contributed by atoms with Gasteiger partial charge in [0.1, 0.15) is 17.6 Å². The molecule has 0 amide bonds. The number of aryl methyl sites for hydroxylation is 2. The lowest BCUT2D eigenvalue weighted by Gasteiger charge is -2.09. The third-order valence-electron chi connectivity index (χ3n) is 4.79. The number of nitrogens with zero attached hydrogens (tertiary/aromatic N) is 1. The van der Waals surface area contributed by atoms with Crippen LogP contribution in [0.2, 0.25) is 0 Å². The molecule has 6 heteroatoms. The lowest BCUT2D eigenvalue weighted by atomic mass is 9.97. The van der Waals surface area contributed by atoms with Crippen LogP contribution in [-0.2, 0) is 4.74 Å². The molecule has 142 valence electrons. The second kappa shape index (κ2) is 6.98. The summed E-state index contributed by atoms with van der Waals surface area (Å²) in [7, 11) is 0. The minimum absolute atomic E-state index is 0.0211. The molecule has 0 radical (unpaired) electrons. The molecule has 28 heavy (non-hydrogen) atoms. The van der Waals surface area contributed by atoms with Crippen LogP contribution in [0.5, 0.6) is 11.5 Å². The number of ether oxygens (including phenoxy) is 2. The summed E-state index contributed by atoms with van der Waals surface area (Å²) >= 11 is 0. The lowest BCUT2D eigenvalue weighted by molar-refractivity contribution is -0.384. The summed E-state index contributed by atoms with van der Waals surface area (Å²) in [4.78, 5) is 10.3. The van der Waals surface area contributed by atoms with Crippen LogP contribution in [0.4, 0.5) is 5.69 Å². The Morgan fingerprint density at radius 1 is 1.00 bits per heavy atom. The molecule has 1 N–H and O–H groups in total. The summed E-state index contributed by atoms with van der Waals surface area (Å²) < 4.78 is 11.4. The fraction of sp³-hybridized carbons (Fsp3) is 0.182. The quantitative estimate of drug-likeness (QED) is 0.382. The molecule has 2 unspecified atom stereocenters. The topological polar surface area (TPSA) is 85.1 Å². The fourth-order valence-corrected chi connectivity index (χ4v) is 3.22. The molecule has 1 aliphatic heterocycles. The molecule has 1 saturated heterocycles. The highest BCUT2D eigenvalue weighted by atomic mass is 16.8. The number of hydrogen-bond donors (Lipinski definition) is 1. The van der Waals surface area contributed by atoms with E-state index in [-0.39, 0.29) is 11.8 Å². The van der Waals surface area contributed by atoms with E-state index < -0.39 is 11.2 Å². The molecule has 3 aromatic rings. The Labute approximate surface area is 162 Å². The summed E-state index contributed by atoms with van der Waals surface area (Å²) in [5.74, 6) is 0.848. The Kier molecular flexibility index (Phi) is 4.49. The van der Waals surface area contributed by atoms with Gasteiger partial charge in [-0.05, 0) is 72.0 Å². The number of rotatable bonds is 5. The molecule has 1 heterocycles. The number of nitro benzene ring substituents is 1. The van der Waals surface area contributed by atoms with Crippen molar-refractivity contribution in [3.8, 4) is 22.6 Å². The molecule has 0 saturated carbocycles. The molecule has 6 nitrogen and oxygen atoms in total. The molecule has 4 rings (SSSR count). The zero-order valence-electron chi connectivity index (χ0n) is 15.5. The Morgan fingerprint density at radius 3 is 2.32 bits per heavy atom. The summed E-state index contributed by atoms with van der Waals surface area (Å²) in [5, 5.41) is 20.7. The van der Waals surface area contributed by atoms with E-state index in [1.165, 1.54) is 12.1 Å². The van der Waals surface area contributed by atoms with Gasteiger partial charge in [-0.25, -0.2) is 0 Å². The number of phenolic OH excluding ortho intramolecular Hbond substituents is 1. The van der Waals surface area contributed by atoms with Crippen LogP contribution in [0.1, 0.15) is 22.8 Å². The van der Waals surface area contributed by atoms with E-state index in [1.807, 2.05) is 44.2 Å². The van der Waals surface area contributed by atoms with Crippen LogP contribution in [0.25, 0.3) is 11.1 Å². The molecular weight excluding hydrogens is 358 g/mol. The Hall–Kier alpha value is -3.38. The van der Waals surface area contributed by atoms with Crippen molar-refractivity contribution in [1.82, 2.24) is 0 Å². The predicted octanol–water partition coefficient (Wildman–Crippen LogP) is 5.06. The van der Waals surface area contributed by atoms with Gasteiger partial charge in [-0.2, -0.15) is 0 Å². The maximum Gasteiger partial charge on any atom is 0.269 e. The first-order valence-electron chi connectivity index (χ1n) is 8.89. The van der Waals surface area contributed by atoms with E-state index in [9.17, 15) is 15.2 Å². The van der Waals surface area contributed by atoms with Crippen LogP contribution in [-0.4, -0.2) is 16.3 Å². The molecular formula is C22H19NO5. The molecule has 1 fully saturated rings. The minimum Gasteiger partial charge on any atom is -0.507 e. The molecule has 2 atom stereocenters. The SMILES string of the molecule is Cc1cc(-c2cccc(C3OC3Oc3ccc([N+](=O)[O-])cc3)c2)cc(C)c1O. The van der Waals surface area contributed by atoms with E-state index in [0.29, 0.717) is 11.5 Å². The summed E-state index contributed by atoms with van der Waals surface area (Å²) in [6, 6.07) is 17.9. The standard InChI is InChI=1S/C22H19NO5/c1-13-10-17(11-14(2)20(13)24)15-4-3-5-16(12-15)21-22(28-21)27-19-8-6-18(7-9-19)23(25)26/h3-12,21-22,24H,1-2H3. The number of phenols is 1. The largest absolute Gasteiger partial charge is 0.507 e. The Bertz CT molecular complexity index is 1020. The lowest BCUT2D eigenvalue weighted by Crippen LogP contribution is -2.00. The van der Waals surface area contributed by atoms with Crippen LogP contribution in [0, 0.1) is 24.0 Å². The average molecular weight is 377 g/mol. The first kappa shape index (κ1) is 18.0. The molecule has 0 aliphatic carbocycles. The van der Waals surface area contributed by atoms with Gasteiger partial charge in [0.2, 0.25) is 6.29 Å². The van der Waals surface area contributed by atoms with Gasteiger partial charge in [0.05, 0.1) is 4.92 Å². The van der Waals surface area contributed by atoms with Crippen molar-refractivity contribution in [2.45, 2.75) is 26.2 Å². The zero-order valence-corrected chi connectivity index (χ0v) is 15.5. The summed E-state index contributed by atoms with van der Waals surface area (Å²) in [6.45, 7) is 3.77.